The molecule has 2 rings (SSSR count). The quantitative estimate of drug-likeness (QED) is 0.0204. The van der Waals surface area contributed by atoms with Gasteiger partial charge in [-0.1, -0.05) is 295 Å². The van der Waals surface area contributed by atoms with Gasteiger partial charge in [-0.25, -0.2) is 0 Å². The van der Waals surface area contributed by atoms with E-state index in [1.165, 1.54) is 128 Å². The highest BCUT2D eigenvalue weighted by molar-refractivity contribution is 5.76. The third-order valence-electron chi connectivity index (χ3n) is 17.5. The molecule has 96 heavy (non-hydrogen) atoms. The fourth-order valence-corrected chi connectivity index (χ4v) is 11.5. The molecule has 0 aromatic carbocycles. The largest absolute Gasteiger partial charge is 0.394 e. The number of amides is 1. The highest BCUT2D eigenvalue weighted by Gasteiger charge is 2.51. The number of allylic oxidation sites excluding steroid dienone is 23. The molecule has 2 aliphatic heterocycles. The van der Waals surface area contributed by atoms with E-state index < -0.39 is 86.8 Å². The Bertz CT molecular complexity index is 2180. The average Bonchev–Trinajstić information content (AvgIpc) is 0.807. The number of nitrogens with one attached hydrogen (secondary N) is 1. The molecule has 0 aliphatic carbocycles. The van der Waals surface area contributed by atoms with Crippen LogP contribution in [0.3, 0.4) is 0 Å². The molecule has 0 radical (unpaired) electrons. The lowest BCUT2D eigenvalue weighted by atomic mass is 9.97. The van der Waals surface area contributed by atoms with Crippen molar-refractivity contribution in [1.82, 2.24) is 5.32 Å². The van der Waals surface area contributed by atoms with Crippen molar-refractivity contribution in [3.05, 3.63) is 146 Å². The predicted molar refractivity (Wildman–Crippen MR) is 396 cm³/mol. The lowest BCUT2D eigenvalue weighted by molar-refractivity contribution is -0.359. The summed E-state index contributed by atoms with van der Waals surface area (Å²) >= 11 is 0. The van der Waals surface area contributed by atoms with E-state index in [-0.39, 0.29) is 18.9 Å². The van der Waals surface area contributed by atoms with Crippen LogP contribution in [-0.2, 0) is 23.7 Å². The SMILES string of the molecule is CC/C=C\C/C=C\C/C=C\C/C=C\C/C=C\C/C=C\C/C=C\C/C=C\C/C=C\CCCCCCCCCCCCCCCC(=O)NC(COC1OC(CO)C(OC2OC(CO)C(O)C(O)C2O)C(O)C1O)C(O)/C=C/CC/C=C/CC/C=C/CCCCCCCCCCCCC. The molecule has 0 bridgehead atoms. The number of hydrogen-bond acceptors (Lipinski definition) is 13. The minimum absolute atomic E-state index is 0.258. The molecule has 9 N–H and O–H groups in total. The molecule has 14 heteroatoms. The molecule has 0 aromatic heterocycles. The average molecular weight is 1340 g/mol. The van der Waals surface area contributed by atoms with Crippen LogP contribution in [-0.4, -0.2) is 140 Å². The Morgan fingerprint density at radius 2 is 0.729 bits per heavy atom. The van der Waals surface area contributed by atoms with Gasteiger partial charge in [0.25, 0.3) is 0 Å². The molecule has 2 heterocycles. The number of carbonyl (C=O) groups excluding carboxylic acids is 1. The van der Waals surface area contributed by atoms with E-state index in [2.05, 4.69) is 153 Å². The van der Waals surface area contributed by atoms with Gasteiger partial charge in [-0.3, -0.25) is 4.79 Å². The van der Waals surface area contributed by atoms with Gasteiger partial charge in [-0.2, -0.15) is 0 Å². The van der Waals surface area contributed by atoms with Gasteiger partial charge in [-0.05, 0) is 116 Å². The number of aliphatic hydroxyl groups excluding tert-OH is 8. The maximum absolute atomic E-state index is 13.4. The second-order valence-corrected chi connectivity index (χ2v) is 26.0. The predicted octanol–water partition coefficient (Wildman–Crippen LogP) is 16.8. The third-order valence-corrected chi connectivity index (χ3v) is 17.5. The fourth-order valence-electron chi connectivity index (χ4n) is 11.5. The zero-order valence-electron chi connectivity index (χ0n) is 59.8. The summed E-state index contributed by atoms with van der Waals surface area (Å²) in [7, 11) is 0. The van der Waals surface area contributed by atoms with E-state index in [4.69, 9.17) is 18.9 Å². The van der Waals surface area contributed by atoms with Crippen molar-refractivity contribution in [2.45, 2.75) is 344 Å². The number of ether oxygens (including phenoxy) is 4. The van der Waals surface area contributed by atoms with Crippen LogP contribution >= 0.6 is 0 Å². The first-order chi connectivity index (χ1) is 47.1. The molecule has 12 unspecified atom stereocenters. The number of unbranched alkanes of at least 4 members (excludes halogenated alkanes) is 26. The standard InChI is InChI=1S/C82H137NO13/c1-3-5-7-9-11-13-15-17-19-21-23-25-26-27-28-29-30-31-32-33-34-35-36-37-38-39-40-41-42-43-44-46-48-50-52-54-56-58-60-62-64-66-74(87)83-70(71(86)65-63-61-59-57-55-53-51-49-47-45-24-22-20-18-16-14-12-10-8-6-4-2)69-93-81-79(92)77(90)80(73(68-85)95-81)96-82-78(91)76(89)75(88)72(67-84)94-82/h5,7,11,13,17,19,23,25,27-28,30-31,33-34,36-37,39-40,47,49,55,57,63,65,70-73,75-82,84-86,88-92H,3-4,6,8-10,12,14-16,18,20-22,24,26,29,32,35,38,41-46,48,50-54,56,58-62,64,66-69H2,1-2H3,(H,83,87)/b7-5-,13-11-,19-17-,25-23-,28-27-,31-30-,34-33-,37-36-,40-39-,49-47+,57-55+,65-63+. The van der Waals surface area contributed by atoms with E-state index in [1.54, 1.807) is 6.08 Å². The summed E-state index contributed by atoms with van der Waals surface area (Å²) in [6.45, 7) is 2.67. The number of hydrogen-bond donors (Lipinski definition) is 9. The molecule has 12 atom stereocenters. The lowest BCUT2D eigenvalue weighted by Crippen LogP contribution is -2.65. The van der Waals surface area contributed by atoms with Crippen LogP contribution in [0.2, 0.25) is 0 Å². The van der Waals surface area contributed by atoms with E-state index in [1.807, 2.05) is 6.08 Å². The summed E-state index contributed by atoms with van der Waals surface area (Å²) < 4.78 is 22.8. The molecular weight excluding hydrogens is 1210 g/mol. The smallest absolute Gasteiger partial charge is 0.220 e. The Morgan fingerprint density at radius 3 is 1.15 bits per heavy atom. The highest BCUT2D eigenvalue weighted by Crippen LogP contribution is 2.30. The van der Waals surface area contributed by atoms with Crippen molar-refractivity contribution < 1.29 is 64.6 Å². The molecule has 0 spiro atoms. The fraction of sp³-hybridized carbons (Fsp3) is 0.695. The van der Waals surface area contributed by atoms with Crippen LogP contribution in [0.1, 0.15) is 271 Å². The Kier molecular flexibility index (Phi) is 58.9. The third kappa shape index (κ3) is 47.0. The Hall–Kier alpha value is -4.13. The molecule has 2 fully saturated rings. The van der Waals surface area contributed by atoms with Crippen LogP contribution < -0.4 is 5.32 Å². The van der Waals surface area contributed by atoms with Gasteiger partial charge in [0, 0.05) is 6.42 Å². The zero-order valence-corrected chi connectivity index (χ0v) is 59.8. The van der Waals surface area contributed by atoms with Crippen molar-refractivity contribution in [3.63, 3.8) is 0 Å². The highest BCUT2D eigenvalue weighted by atomic mass is 16.7. The Balaban J connectivity index is 1.63. The van der Waals surface area contributed by atoms with Crippen LogP contribution in [0, 0.1) is 0 Å². The topological polar surface area (TPSA) is 228 Å². The lowest BCUT2D eigenvalue weighted by Gasteiger charge is -2.46. The van der Waals surface area contributed by atoms with Gasteiger partial charge < -0.3 is 65.1 Å². The van der Waals surface area contributed by atoms with Crippen LogP contribution in [0.4, 0.5) is 0 Å². The Morgan fingerprint density at radius 1 is 0.385 bits per heavy atom. The minimum Gasteiger partial charge on any atom is -0.394 e. The van der Waals surface area contributed by atoms with Crippen molar-refractivity contribution in [2.24, 2.45) is 0 Å². The summed E-state index contributed by atoms with van der Waals surface area (Å²) in [5.74, 6) is -0.258. The minimum atomic E-state index is -1.80. The molecule has 1 amide bonds. The van der Waals surface area contributed by atoms with Crippen LogP contribution in [0.25, 0.3) is 0 Å². The van der Waals surface area contributed by atoms with Gasteiger partial charge in [0.05, 0.1) is 32.0 Å². The van der Waals surface area contributed by atoms with E-state index >= 15 is 0 Å². The van der Waals surface area contributed by atoms with E-state index in [0.29, 0.717) is 12.8 Å². The number of carbonyl (C=O) groups is 1. The monoisotopic (exact) mass is 1340 g/mol. The van der Waals surface area contributed by atoms with Crippen molar-refractivity contribution in [1.29, 1.82) is 0 Å². The van der Waals surface area contributed by atoms with Gasteiger partial charge in [0.15, 0.2) is 12.6 Å². The maximum Gasteiger partial charge on any atom is 0.220 e. The first-order valence-corrected chi connectivity index (χ1v) is 38.1. The number of rotatable bonds is 61. The molecule has 2 saturated heterocycles. The molecule has 2 aliphatic rings. The first-order valence-electron chi connectivity index (χ1n) is 38.1. The summed E-state index contributed by atoms with van der Waals surface area (Å²) in [6.07, 6.45) is 80.5. The van der Waals surface area contributed by atoms with E-state index in [0.717, 1.165) is 109 Å². The Labute approximate surface area is 583 Å². The van der Waals surface area contributed by atoms with Crippen LogP contribution in [0.5, 0.6) is 0 Å². The molecular formula is C82H137NO13. The number of aliphatic hydroxyl groups is 8. The van der Waals surface area contributed by atoms with E-state index in [9.17, 15) is 45.6 Å². The molecule has 0 aromatic rings. The van der Waals surface area contributed by atoms with Gasteiger partial charge >= 0.3 is 0 Å². The molecule has 0 saturated carbocycles. The molecule has 14 nitrogen and oxygen atoms in total. The van der Waals surface area contributed by atoms with Crippen LogP contribution in [0.15, 0.2) is 146 Å². The van der Waals surface area contributed by atoms with Gasteiger partial charge in [0.2, 0.25) is 5.91 Å². The zero-order chi connectivity index (χ0) is 69.4. The second kappa shape index (κ2) is 64.3. The van der Waals surface area contributed by atoms with Gasteiger partial charge in [-0.15, -0.1) is 0 Å². The summed E-state index contributed by atoms with van der Waals surface area (Å²) in [4.78, 5) is 13.4. The van der Waals surface area contributed by atoms with Crippen molar-refractivity contribution >= 4 is 5.91 Å². The first kappa shape index (κ1) is 88.0. The van der Waals surface area contributed by atoms with Crippen molar-refractivity contribution in [2.75, 3.05) is 19.8 Å². The summed E-state index contributed by atoms with van der Waals surface area (Å²) in [5, 5.41) is 87.5. The van der Waals surface area contributed by atoms with Crippen molar-refractivity contribution in [3.8, 4) is 0 Å². The summed E-state index contributed by atoms with van der Waals surface area (Å²) in [5.41, 5.74) is 0. The molecule has 548 valence electrons. The van der Waals surface area contributed by atoms with Gasteiger partial charge in [0.1, 0.15) is 48.8 Å². The summed E-state index contributed by atoms with van der Waals surface area (Å²) in [6, 6.07) is -0.949. The maximum atomic E-state index is 13.4. The second-order valence-electron chi connectivity index (χ2n) is 26.0. The normalized spacial score (nSPS) is 23.1.